The van der Waals surface area contributed by atoms with E-state index in [1.807, 2.05) is 0 Å². The molecule has 0 radical (unpaired) electrons. The summed E-state index contributed by atoms with van der Waals surface area (Å²) in [5.74, 6) is 0. The summed E-state index contributed by atoms with van der Waals surface area (Å²) in [5, 5.41) is 2.79. The summed E-state index contributed by atoms with van der Waals surface area (Å²) < 4.78 is 29.2. The molecular formula is C18H17O3PS. The monoisotopic (exact) mass is 344 g/mol. The van der Waals surface area contributed by atoms with Crippen LogP contribution in [0.3, 0.4) is 0 Å². The average Bonchev–Trinajstić information content (AvgIpc) is 2.57. The number of hydrogen-bond donors (Lipinski definition) is 1. The highest BCUT2D eigenvalue weighted by Crippen LogP contribution is 2.08. The maximum atomic E-state index is 10.4. The van der Waals surface area contributed by atoms with E-state index in [0.29, 0.717) is 0 Å². The molecule has 118 valence electrons. The Hall–Kier alpha value is -2.00. The second-order valence-corrected chi connectivity index (χ2v) is 7.47. The summed E-state index contributed by atoms with van der Waals surface area (Å²) in [5.41, 5.74) is 0. The molecule has 0 aliphatic heterocycles. The highest BCUT2D eigenvalue weighted by atomic mass is 32.2. The van der Waals surface area contributed by atoms with E-state index >= 15 is 0 Å². The van der Waals surface area contributed by atoms with Gasteiger partial charge in [0, 0.05) is 0 Å². The van der Waals surface area contributed by atoms with Crippen molar-refractivity contribution in [1.29, 1.82) is 0 Å². The fourth-order valence-corrected chi connectivity index (χ4v) is 3.35. The van der Waals surface area contributed by atoms with E-state index in [9.17, 15) is 8.42 Å². The van der Waals surface area contributed by atoms with E-state index in [-0.39, 0.29) is 4.90 Å². The molecule has 0 aliphatic carbocycles. The van der Waals surface area contributed by atoms with Crippen LogP contribution >= 0.6 is 8.58 Å². The van der Waals surface area contributed by atoms with Crippen LogP contribution in [-0.2, 0) is 10.1 Å². The maximum absolute atomic E-state index is 10.4. The second kappa shape index (κ2) is 8.59. The maximum Gasteiger partial charge on any atom is 0.294 e. The molecular weight excluding hydrogens is 327 g/mol. The minimum atomic E-state index is -4.00. The molecule has 3 nitrogen and oxygen atoms in total. The topological polar surface area (TPSA) is 54.4 Å². The van der Waals surface area contributed by atoms with Gasteiger partial charge in [0.2, 0.25) is 0 Å². The Kier molecular flexibility index (Phi) is 6.48. The van der Waals surface area contributed by atoms with Gasteiger partial charge in [0.05, 0.1) is 4.90 Å². The molecule has 0 atom stereocenters. The van der Waals surface area contributed by atoms with Gasteiger partial charge in [0.25, 0.3) is 10.1 Å². The molecule has 3 rings (SSSR count). The molecule has 3 aromatic rings. The Morgan fingerprint density at radius 3 is 1.26 bits per heavy atom. The first-order chi connectivity index (χ1) is 11.1. The summed E-state index contributed by atoms with van der Waals surface area (Å²) >= 11 is 0. The van der Waals surface area contributed by atoms with E-state index in [1.54, 1.807) is 18.2 Å². The van der Waals surface area contributed by atoms with Crippen molar-refractivity contribution in [2.45, 2.75) is 4.90 Å². The third kappa shape index (κ3) is 6.33. The van der Waals surface area contributed by atoms with E-state index < -0.39 is 10.1 Å². The third-order valence-electron chi connectivity index (χ3n) is 2.88. The molecule has 0 aromatic heterocycles. The summed E-state index contributed by atoms with van der Waals surface area (Å²) in [4.78, 5) is -0.0741. The van der Waals surface area contributed by atoms with Crippen LogP contribution in [-0.4, -0.2) is 13.0 Å². The highest BCUT2D eigenvalue weighted by molar-refractivity contribution is 7.85. The van der Waals surface area contributed by atoms with Gasteiger partial charge in [-0.2, -0.15) is 8.42 Å². The summed E-state index contributed by atoms with van der Waals surface area (Å²) in [6.45, 7) is 0. The zero-order valence-corrected chi connectivity index (χ0v) is 14.1. The summed E-state index contributed by atoms with van der Waals surface area (Å²) in [7, 11) is -3.23. The van der Waals surface area contributed by atoms with Crippen LogP contribution in [0.25, 0.3) is 0 Å². The standard InChI is InChI=1S/C12H11P.C6H6O3S/c1-3-7-11(8-4-1)13-12-9-5-2-6-10-12;7-10(8,9)6-4-2-1-3-5-6/h1-10,13H;1-5H,(H,7,8,9). The molecule has 5 heteroatoms. The van der Waals surface area contributed by atoms with Gasteiger partial charge in [-0.1, -0.05) is 87.4 Å². The molecule has 0 bridgehead atoms. The van der Waals surface area contributed by atoms with Gasteiger partial charge in [-0.15, -0.1) is 0 Å². The molecule has 0 amide bonds. The SMILES string of the molecule is O=S(=O)(O)c1ccccc1.c1ccc(Pc2ccccc2)cc1. The minimum Gasteiger partial charge on any atom is -0.282 e. The van der Waals surface area contributed by atoms with Gasteiger partial charge in [-0.3, -0.25) is 4.55 Å². The van der Waals surface area contributed by atoms with Crippen LogP contribution in [0.5, 0.6) is 0 Å². The predicted octanol–water partition coefficient (Wildman–Crippen LogP) is 3.25. The van der Waals surface area contributed by atoms with Crippen molar-refractivity contribution in [3.05, 3.63) is 91.0 Å². The van der Waals surface area contributed by atoms with Crippen LogP contribution in [0.1, 0.15) is 0 Å². The Labute approximate surface area is 138 Å². The summed E-state index contributed by atoms with van der Waals surface area (Å²) in [6.07, 6.45) is 0. The van der Waals surface area contributed by atoms with E-state index in [4.69, 9.17) is 4.55 Å². The highest BCUT2D eigenvalue weighted by Gasteiger charge is 2.05. The average molecular weight is 344 g/mol. The first kappa shape index (κ1) is 17.4. The Morgan fingerprint density at radius 1 is 0.609 bits per heavy atom. The van der Waals surface area contributed by atoms with Crippen molar-refractivity contribution in [3.63, 3.8) is 0 Å². The van der Waals surface area contributed by atoms with Gasteiger partial charge < -0.3 is 0 Å². The van der Waals surface area contributed by atoms with Crippen LogP contribution in [0.4, 0.5) is 0 Å². The molecule has 0 spiro atoms. The van der Waals surface area contributed by atoms with Crippen molar-refractivity contribution >= 4 is 29.3 Å². The zero-order valence-electron chi connectivity index (χ0n) is 12.3. The largest absolute Gasteiger partial charge is 0.294 e. The fourth-order valence-electron chi connectivity index (χ4n) is 1.80. The Bertz CT molecular complexity index is 767. The van der Waals surface area contributed by atoms with Gasteiger partial charge in [0.1, 0.15) is 0 Å². The Morgan fingerprint density at radius 2 is 0.957 bits per heavy atom. The molecule has 1 N–H and O–H groups in total. The Balaban J connectivity index is 0.000000174. The first-order valence-corrected chi connectivity index (χ1v) is 9.39. The number of hydrogen-bond acceptors (Lipinski definition) is 2. The summed E-state index contributed by atoms with van der Waals surface area (Å²) in [6, 6.07) is 28.6. The van der Waals surface area contributed by atoms with Crippen molar-refractivity contribution in [1.82, 2.24) is 0 Å². The number of benzene rings is 3. The zero-order chi connectivity index (χ0) is 16.5. The fraction of sp³-hybridized carbons (Fsp3) is 0. The van der Waals surface area contributed by atoms with E-state index in [0.717, 1.165) is 8.58 Å². The lowest BCUT2D eigenvalue weighted by Gasteiger charge is -2.00. The molecule has 0 aliphatic rings. The first-order valence-electron chi connectivity index (χ1n) is 6.95. The molecule has 0 heterocycles. The van der Waals surface area contributed by atoms with E-state index in [2.05, 4.69) is 60.7 Å². The normalized spacial score (nSPS) is 10.5. The van der Waals surface area contributed by atoms with Gasteiger partial charge >= 0.3 is 0 Å². The van der Waals surface area contributed by atoms with Crippen LogP contribution in [0.2, 0.25) is 0 Å². The predicted molar refractivity (Wildman–Crippen MR) is 96.7 cm³/mol. The second-order valence-electron chi connectivity index (χ2n) is 4.65. The van der Waals surface area contributed by atoms with Crippen LogP contribution in [0, 0.1) is 0 Å². The smallest absolute Gasteiger partial charge is 0.282 e. The lowest BCUT2D eigenvalue weighted by molar-refractivity contribution is 0.483. The lowest BCUT2D eigenvalue weighted by atomic mass is 10.4. The quantitative estimate of drug-likeness (QED) is 0.586. The van der Waals surface area contributed by atoms with Crippen LogP contribution in [0.15, 0.2) is 95.9 Å². The molecule has 0 saturated carbocycles. The van der Waals surface area contributed by atoms with Crippen LogP contribution < -0.4 is 10.6 Å². The van der Waals surface area contributed by atoms with Crippen molar-refractivity contribution in [2.75, 3.05) is 0 Å². The molecule has 23 heavy (non-hydrogen) atoms. The minimum absolute atomic E-state index is 0.0741. The van der Waals surface area contributed by atoms with Crippen molar-refractivity contribution in [2.24, 2.45) is 0 Å². The number of rotatable bonds is 3. The van der Waals surface area contributed by atoms with Crippen molar-refractivity contribution < 1.29 is 13.0 Å². The molecule has 0 fully saturated rings. The molecule has 0 unspecified atom stereocenters. The third-order valence-corrected chi connectivity index (χ3v) is 4.99. The van der Waals surface area contributed by atoms with Gasteiger partial charge in [-0.05, 0) is 22.7 Å². The van der Waals surface area contributed by atoms with Gasteiger partial charge in [0.15, 0.2) is 0 Å². The van der Waals surface area contributed by atoms with E-state index in [1.165, 1.54) is 22.7 Å². The lowest BCUT2D eigenvalue weighted by Crippen LogP contribution is -2.01. The molecule has 0 saturated heterocycles. The van der Waals surface area contributed by atoms with Gasteiger partial charge in [-0.25, -0.2) is 0 Å². The molecule has 3 aromatic carbocycles. The van der Waals surface area contributed by atoms with Crippen molar-refractivity contribution in [3.8, 4) is 0 Å².